The second-order valence-corrected chi connectivity index (χ2v) is 9.28. The molecular weight excluding hydrogens is 360 g/mol. The number of sulfone groups is 1. The van der Waals surface area contributed by atoms with Crippen molar-refractivity contribution in [1.29, 1.82) is 0 Å². The van der Waals surface area contributed by atoms with Crippen LogP contribution in [-0.2, 0) is 15.6 Å². The van der Waals surface area contributed by atoms with E-state index in [1.165, 1.54) is 6.42 Å². The fourth-order valence-electron chi connectivity index (χ4n) is 4.13. The van der Waals surface area contributed by atoms with Gasteiger partial charge in [-0.15, -0.1) is 0 Å². The molecule has 6 heteroatoms. The maximum Gasteiger partial charge on any atom is 0.255 e. The van der Waals surface area contributed by atoms with Crippen molar-refractivity contribution < 1.29 is 13.2 Å². The number of hydrogen-bond acceptors (Lipinski definition) is 4. The van der Waals surface area contributed by atoms with Crippen molar-refractivity contribution in [3.63, 3.8) is 0 Å². The van der Waals surface area contributed by atoms with Crippen LogP contribution in [-0.4, -0.2) is 56.3 Å². The van der Waals surface area contributed by atoms with Crippen molar-refractivity contribution >= 4 is 15.7 Å². The fourth-order valence-corrected chi connectivity index (χ4v) is 5.69. The molecule has 1 atom stereocenters. The quantitative estimate of drug-likeness (QED) is 0.813. The van der Waals surface area contributed by atoms with Gasteiger partial charge in [0.15, 0.2) is 9.84 Å². The van der Waals surface area contributed by atoms with E-state index >= 15 is 0 Å². The molecule has 0 unspecified atom stereocenters. The molecule has 2 aliphatic rings. The van der Waals surface area contributed by atoms with Crippen molar-refractivity contribution in [1.82, 2.24) is 9.80 Å². The maximum absolute atomic E-state index is 13.2. The average Bonchev–Trinajstić information content (AvgIpc) is 3.15. The van der Waals surface area contributed by atoms with E-state index in [1.54, 1.807) is 36.4 Å². The third kappa shape index (κ3) is 3.77. The number of carbonyl (C=O) groups excluding carboxylic acids is 1. The van der Waals surface area contributed by atoms with Crippen molar-refractivity contribution in [2.45, 2.75) is 29.5 Å². The summed E-state index contributed by atoms with van der Waals surface area (Å²) in [5.41, 5.74) is 1.01. The van der Waals surface area contributed by atoms with Crippen LogP contribution < -0.4 is 0 Å². The highest BCUT2D eigenvalue weighted by Crippen LogP contribution is 2.26. The first kappa shape index (κ1) is 18.2. The van der Waals surface area contributed by atoms with Crippen molar-refractivity contribution in [2.24, 2.45) is 0 Å². The first-order valence-corrected chi connectivity index (χ1v) is 11.1. The molecule has 5 nitrogen and oxygen atoms in total. The monoisotopic (exact) mass is 384 g/mol. The first-order valence-electron chi connectivity index (χ1n) is 9.44. The van der Waals surface area contributed by atoms with Crippen molar-refractivity contribution in [2.75, 3.05) is 26.2 Å². The summed E-state index contributed by atoms with van der Waals surface area (Å²) in [6.07, 6.45) is 2.28. The van der Waals surface area contributed by atoms with Crippen molar-refractivity contribution in [3.8, 4) is 0 Å². The first-order chi connectivity index (χ1) is 13.0. The van der Waals surface area contributed by atoms with Gasteiger partial charge in [0.2, 0.25) is 0 Å². The van der Waals surface area contributed by atoms with E-state index in [0.717, 1.165) is 25.1 Å². The Kier molecular flexibility index (Phi) is 5.02. The molecule has 0 aromatic heterocycles. The van der Waals surface area contributed by atoms with E-state index < -0.39 is 9.84 Å². The lowest BCUT2D eigenvalue weighted by molar-refractivity contribution is 0.0567. The Hall–Kier alpha value is -2.18. The molecule has 0 radical (unpaired) electrons. The zero-order valence-corrected chi connectivity index (χ0v) is 16.1. The van der Waals surface area contributed by atoms with Gasteiger partial charge in [-0.3, -0.25) is 9.69 Å². The summed E-state index contributed by atoms with van der Waals surface area (Å²) in [5.74, 6) is -0.275. The lowest BCUT2D eigenvalue weighted by Gasteiger charge is -2.37. The molecule has 2 aromatic carbocycles. The molecule has 4 rings (SSSR count). The zero-order valence-electron chi connectivity index (χ0n) is 15.3. The number of piperazine rings is 1. The molecule has 2 heterocycles. The highest BCUT2D eigenvalue weighted by molar-refractivity contribution is 7.90. The number of hydrogen-bond donors (Lipinski definition) is 0. The van der Waals surface area contributed by atoms with Crippen LogP contribution in [0.2, 0.25) is 0 Å². The van der Waals surface area contributed by atoms with E-state index in [4.69, 9.17) is 0 Å². The van der Waals surface area contributed by atoms with Gasteiger partial charge in [-0.05, 0) is 37.1 Å². The molecule has 2 aromatic rings. The summed E-state index contributed by atoms with van der Waals surface area (Å²) in [5, 5.41) is 0. The molecule has 2 saturated heterocycles. The Morgan fingerprint density at radius 2 is 1.70 bits per heavy atom. The molecule has 0 spiro atoms. The zero-order chi connectivity index (χ0) is 18.9. The third-order valence-corrected chi connectivity index (χ3v) is 7.27. The van der Waals surface area contributed by atoms with Gasteiger partial charge in [-0.25, -0.2) is 8.42 Å². The Balaban J connectivity index is 1.60. The highest BCUT2D eigenvalue weighted by Gasteiger charge is 2.34. The summed E-state index contributed by atoms with van der Waals surface area (Å²) in [6.45, 7) is 3.32. The van der Waals surface area contributed by atoms with Gasteiger partial charge in [-0.2, -0.15) is 0 Å². The molecule has 0 aliphatic carbocycles. The summed E-state index contributed by atoms with van der Waals surface area (Å²) >= 11 is 0. The molecule has 0 bridgehead atoms. The van der Waals surface area contributed by atoms with E-state index in [0.29, 0.717) is 24.7 Å². The lowest BCUT2D eigenvalue weighted by atomic mass is 10.1. The highest BCUT2D eigenvalue weighted by atomic mass is 32.2. The number of fused-ring (bicyclic) bond motifs is 1. The average molecular weight is 385 g/mol. The van der Waals surface area contributed by atoms with E-state index in [9.17, 15) is 13.2 Å². The van der Waals surface area contributed by atoms with Crippen LogP contribution in [0.1, 0.15) is 28.8 Å². The number of nitrogens with zero attached hydrogens (tertiary/aromatic N) is 2. The second-order valence-electron chi connectivity index (χ2n) is 7.32. The maximum atomic E-state index is 13.2. The van der Waals surface area contributed by atoms with Crippen LogP contribution in [0.5, 0.6) is 0 Å². The fraction of sp³-hybridized carbons (Fsp3) is 0.381. The predicted molar refractivity (Wildman–Crippen MR) is 104 cm³/mol. The number of rotatable bonds is 4. The van der Waals surface area contributed by atoms with Gasteiger partial charge in [0.25, 0.3) is 5.91 Å². The molecule has 1 amide bonds. The minimum atomic E-state index is -3.60. The van der Waals surface area contributed by atoms with Gasteiger partial charge >= 0.3 is 0 Å². The predicted octanol–water partition coefficient (Wildman–Crippen LogP) is 2.58. The van der Waals surface area contributed by atoms with Gasteiger partial charge in [0, 0.05) is 25.7 Å². The molecule has 0 saturated carbocycles. The van der Waals surface area contributed by atoms with Crippen LogP contribution in [0.25, 0.3) is 0 Å². The van der Waals surface area contributed by atoms with Crippen LogP contribution in [0, 0.1) is 0 Å². The Bertz CT molecular complexity index is 927. The molecular formula is C21H24N2O3S. The van der Waals surface area contributed by atoms with Gasteiger partial charge in [-0.1, -0.05) is 42.5 Å². The minimum absolute atomic E-state index is 0.103. The number of carbonyl (C=O) groups is 1. The largest absolute Gasteiger partial charge is 0.336 e. The Morgan fingerprint density at radius 3 is 2.52 bits per heavy atom. The van der Waals surface area contributed by atoms with Crippen LogP contribution >= 0.6 is 0 Å². The number of amides is 1. The summed E-state index contributed by atoms with van der Waals surface area (Å²) in [6, 6.07) is 16.1. The second kappa shape index (κ2) is 7.44. The van der Waals surface area contributed by atoms with Crippen LogP contribution in [0.3, 0.4) is 0 Å². The third-order valence-electron chi connectivity index (χ3n) is 5.53. The van der Waals surface area contributed by atoms with Crippen LogP contribution in [0.4, 0.5) is 0 Å². The standard InChI is InChI=1S/C21H24N2O3S/c24-21(23-14-13-22-12-6-9-18(22)15-23)19-10-4-5-11-20(19)27(25,26)16-17-7-2-1-3-8-17/h1-5,7-8,10-11,18H,6,9,12-16H2/t18-/m1/s1. The van der Waals surface area contributed by atoms with E-state index in [1.807, 2.05) is 23.1 Å². The molecule has 0 N–H and O–H groups in total. The van der Waals surface area contributed by atoms with Gasteiger partial charge < -0.3 is 4.90 Å². The molecule has 27 heavy (non-hydrogen) atoms. The van der Waals surface area contributed by atoms with E-state index in [-0.39, 0.29) is 16.6 Å². The molecule has 142 valence electrons. The van der Waals surface area contributed by atoms with E-state index in [2.05, 4.69) is 4.90 Å². The van der Waals surface area contributed by atoms with Crippen LogP contribution in [0.15, 0.2) is 59.5 Å². The topological polar surface area (TPSA) is 57.7 Å². The summed E-state index contributed by atoms with van der Waals surface area (Å²) < 4.78 is 26.0. The smallest absolute Gasteiger partial charge is 0.255 e. The van der Waals surface area contributed by atoms with Gasteiger partial charge in [0.05, 0.1) is 16.2 Å². The molecule has 2 aliphatic heterocycles. The normalized spacial score (nSPS) is 20.4. The summed E-state index contributed by atoms with van der Waals surface area (Å²) in [4.78, 5) is 17.5. The minimum Gasteiger partial charge on any atom is -0.336 e. The van der Waals surface area contributed by atoms with Gasteiger partial charge in [0.1, 0.15) is 0 Å². The number of benzene rings is 2. The summed E-state index contributed by atoms with van der Waals surface area (Å²) in [7, 11) is -3.60. The Morgan fingerprint density at radius 1 is 0.963 bits per heavy atom. The SMILES string of the molecule is O=C(c1ccccc1S(=O)(=O)Cc1ccccc1)N1CCN2CCC[C@@H]2C1. The Labute approximate surface area is 160 Å². The van der Waals surface area contributed by atoms with Crippen molar-refractivity contribution in [3.05, 3.63) is 65.7 Å². The lowest BCUT2D eigenvalue weighted by Crippen LogP contribution is -2.52. The molecule has 2 fully saturated rings.